The van der Waals surface area contributed by atoms with E-state index in [4.69, 9.17) is 9.26 Å². The fourth-order valence-corrected chi connectivity index (χ4v) is 2.68. The number of nitrogens with one attached hydrogen (secondary N) is 1. The smallest absolute Gasteiger partial charge is 0.227 e. The molecule has 4 aromatic rings. The van der Waals surface area contributed by atoms with Crippen LogP contribution >= 0.6 is 0 Å². The van der Waals surface area contributed by atoms with Gasteiger partial charge in [0, 0.05) is 18.4 Å². The van der Waals surface area contributed by atoms with E-state index < -0.39 is 11.7 Å². The molecule has 0 atom stereocenters. The minimum Gasteiger partial charge on any atom is -0.497 e. The third kappa shape index (κ3) is 4.29. The fraction of sp³-hybridized carbons (Fsp3) is 0.158. The van der Waals surface area contributed by atoms with Crippen LogP contribution in [0.15, 0.2) is 53.3 Å². The van der Waals surface area contributed by atoms with E-state index in [2.05, 4.69) is 31.0 Å². The summed E-state index contributed by atoms with van der Waals surface area (Å²) in [6, 6.07) is 11.4. The summed E-state index contributed by atoms with van der Waals surface area (Å²) in [5.41, 5.74) is 1.30. The first-order valence-electron chi connectivity index (χ1n) is 8.92. The maximum Gasteiger partial charge on any atom is 0.227 e. The first kappa shape index (κ1) is 19.2. The second-order valence-electron chi connectivity index (χ2n) is 6.21. The molecule has 0 bridgehead atoms. The summed E-state index contributed by atoms with van der Waals surface area (Å²) < 4.78 is 25.7. The molecule has 1 amide bonds. The number of ether oxygens (including phenoxy) is 1. The van der Waals surface area contributed by atoms with Crippen molar-refractivity contribution < 1.29 is 18.4 Å². The van der Waals surface area contributed by atoms with Crippen molar-refractivity contribution in [3.8, 4) is 22.8 Å². The predicted octanol–water partition coefficient (Wildman–Crippen LogP) is 2.43. The Hall–Kier alpha value is -4.15. The Morgan fingerprint density at radius 3 is 2.80 bits per heavy atom. The molecule has 4 rings (SSSR count). The molecular weight excluding hydrogens is 393 g/mol. The third-order valence-corrected chi connectivity index (χ3v) is 4.22. The second-order valence-corrected chi connectivity index (χ2v) is 6.21. The van der Waals surface area contributed by atoms with Gasteiger partial charge in [-0.1, -0.05) is 5.16 Å². The molecule has 1 N–H and O–H groups in total. The van der Waals surface area contributed by atoms with Gasteiger partial charge in [-0.2, -0.15) is 4.98 Å². The molecule has 30 heavy (non-hydrogen) atoms. The molecule has 0 unspecified atom stereocenters. The average molecular weight is 409 g/mol. The van der Waals surface area contributed by atoms with Gasteiger partial charge < -0.3 is 14.6 Å². The Balaban J connectivity index is 1.37. The van der Waals surface area contributed by atoms with Gasteiger partial charge in [-0.05, 0) is 52.9 Å². The number of aryl methyl sites for hydroxylation is 1. The molecule has 0 aliphatic carbocycles. The number of tetrazole rings is 1. The van der Waals surface area contributed by atoms with Crippen LogP contribution in [0.25, 0.3) is 17.1 Å². The van der Waals surface area contributed by atoms with E-state index >= 15 is 0 Å². The minimum absolute atomic E-state index is 0.0254. The number of carbonyl (C=O) groups excluding carboxylic acids is 1. The van der Waals surface area contributed by atoms with Crippen molar-refractivity contribution in [3.63, 3.8) is 0 Å². The number of hydrogen-bond donors (Lipinski definition) is 1. The van der Waals surface area contributed by atoms with Gasteiger partial charge in [0.15, 0.2) is 0 Å². The third-order valence-electron chi connectivity index (χ3n) is 4.22. The molecule has 2 heterocycles. The van der Waals surface area contributed by atoms with Crippen LogP contribution in [-0.2, 0) is 11.2 Å². The molecular formula is C19H16FN7O3. The van der Waals surface area contributed by atoms with Crippen LogP contribution in [0.4, 0.5) is 10.1 Å². The summed E-state index contributed by atoms with van der Waals surface area (Å²) in [4.78, 5) is 16.5. The lowest BCUT2D eigenvalue weighted by molar-refractivity contribution is -0.116. The van der Waals surface area contributed by atoms with E-state index in [9.17, 15) is 9.18 Å². The largest absolute Gasteiger partial charge is 0.497 e. The van der Waals surface area contributed by atoms with Crippen LogP contribution in [-0.4, -0.2) is 43.4 Å². The number of anilines is 1. The molecule has 0 spiro atoms. The summed E-state index contributed by atoms with van der Waals surface area (Å²) >= 11 is 0. The van der Waals surface area contributed by atoms with Crippen molar-refractivity contribution in [2.45, 2.75) is 12.8 Å². The highest BCUT2D eigenvalue weighted by molar-refractivity contribution is 5.91. The molecule has 0 aliphatic rings. The second kappa shape index (κ2) is 8.47. The maximum absolute atomic E-state index is 14.1. The van der Waals surface area contributed by atoms with Crippen LogP contribution in [0.5, 0.6) is 5.75 Å². The molecule has 0 saturated carbocycles. The Labute approximate surface area is 169 Å². The number of nitrogens with zero attached hydrogens (tertiary/aromatic N) is 6. The molecule has 0 fully saturated rings. The average Bonchev–Trinajstić information content (AvgIpc) is 3.46. The van der Waals surface area contributed by atoms with Gasteiger partial charge in [0.05, 0.1) is 18.5 Å². The van der Waals surface area contributed by atoms with E-state index in [1.54, 1.807) is 31.4 Å². The summed E-state index contributed by atoms with van der Waals surface area (Å²) in [5, 5.41) is 17.2. The first-order chi connectivity index (χ1) is 14.6. The zero-order chi connectivity index (χ0) is 20.9. The number of carbonyl (C=O) groups is 1. The van der Waals surface area contributed by atoms with Gasteiger partial charge in [0.2, 0.25) is 17.6 Å². The Morgan fingerprint density at radius 2 is 2.07 bits per heavy atom. The summed E-state index contributed by atoms with van der Waals surface area (Å²) in [7, 11) is 1.58. The van der Waals surface area contributed by atoms with E-state index in [0.717, 1.165) is 11.3 Å². The van der Waals surface area contributed by atoms with Crippen molar-refractivity contribution >= 4 is 11.6 Å². The van der Waals surface area contributed by atoms with Gasteiger partial charge in [-0.15, -0.1) is 5.10 Å². The summed E-state index contributed by atoms with van der Waals surface area (Å²) in [6.07, 6.45) is 1.62. The van der Waals surface area contributed by atoms with Crippen LogP contribution in [0.2, 0.25) is 0 Å². The lowest BCUT2D eigenvalue weighted by atomic mass is 10.2. The van der Waals surface area contributed by atoms with Crippen LogP contribution in [0, 0.1) is 5.82 Å². The van der Waals surface area contributed by atoms with Crippen LogP contribution < -0.4 is 10.1 Å². The molecule has 152 valence electrons. The molecule has 2 aromatic carbocycles. The molecule has 2 aromatic heterocycles. The Morgan fingerprint density at radius 1 is 1.23 bits per heavy atom. The normalized spacial score (nSPS) is 10.7. The van der Waals surface area contributed by atoms with Crippen molar-refractivity contribution in [3.05, 3.63) is 60.5 Å². The number of hydrogen-bond acceptors (Lipinski definition) is 8. The highest BCUT2D eigenvalue weighted by Gasteiger charge is 2.13. The number of halogens is 1. The minimum atomic E-state index is -0.570. The van der Waals surface area contributed by atoms with Crippen LogP contribution in [0.3, 0.4) is 0 Å². The number of benzene rings is 2. The first-order valence-corrected chi connectivity index (χ1v) is 8.92. The maximum atomic E-state index is 14.1. The summed E-state index contributed by atoms with van der Waals surface area (Å²) in [6.45, 7) is 0. The number of rotatable bonds is 7. The molecule has 10 nitrogen and oxygen atoms in total. The van der Waals surface area contributed by atoms with Gasteiger partial charge >= 0.3 is 0 Å². The van der Waals surface area contributed by atoms with E-state index in [1.165, 1.54) is 29.2 Å². The van der Waals surface area contributed by atoms with Gasteiger partial charge in [-0.25, -0.2) is 9.07 Å². The number of aromatic nitrogens is 6. The summed E-state index contributed by atoms with van der Waals surface area (Å²) in [5.74, 6) is 0.467. The van der Waals surface area contributed by atoms with E-state index in [1.807, 2.05) is 0 Å². The van der Waals surface area contributed by atoms with E-state index in [0.29, 0.717) is 17.4 Å². The van der Waals surface area contributed by atoms with Crippen molar-refractivity contribution in [2.75, 3.05) is 12.4 Å². The zero-order valence-corrected chi connectivity index (χ0v) is 15.8. The van der Waals surface area contributed by atoms with Gasteiger partial charge in [-0.3, -0.25) is 4.79 Å². The molecule has 0 saturated heterocycles. The van der Waals surface area contributed by atoms with Gasteiger partial charge in [0.25, 0.3) is 0 Å². The van der Waals surface area contributed by atoms with Crippen molar-refractivity contribution in [2.24, 2.45) is 0 Å². The van der Waals surface area contributed by atoms with Crippen LogP contribution in [0.1, 0.15) is 12.3 Å². The SMILES string of the molecule is COc1ccc(-c2noc(CCC(=O)Nc3cc(-n4cnnn4)ccc3F)n2)cc1. The van der Waals surface area contributed by atoms with Gasteiger partial charge in [0.1, 0.15) is 17.9 Å². The Kier molecular flexibility index (Phi) is 5.42. The zero-order valence-electron chi connectivity index (χ0n) is 15.8. The van der Waals surface area contributed by atoms with Crippen molar-refractivity contribution in [1.29, 1.82) is 0 Å². The monoisotopic (exact) mass is 409 g/mol. The highest BCUT2D eigenvalue weighted by atomic mass is 19.1. The van der Waals surface area contributed by atoms with E-state index in [-0.39, 0.29) is 18.5 Å². The predicted molar refractivity (Wildman–Crippen MR) is 102 cm³/mol. The fourth-order valence-electron chi connectivity index (χ4n) is 2.68. The topological polar surface area (TPSA) is 121 Å². The number of methoxy groups -OCH3 is 1. The lowest BCUT2D eigenvalue weighted by Crippen LogP contribution is -2.14. The standard InChI is InChI=1S/C19H16FN7O3/c1-29-14-5-2-12(3-6-14)19-23-18(30-24-19)9-8-17(28)22-16-10-13(4-7-15(16)20)27-11-21-25-26-27/h2-7,10-11H,8-9H2,1H3,(H,22,28). The number of amides is 1. The van der Waals surface area contributed by atoms with Crippen molar-refractivity contribution in [1.82, 2.24) is 30.3 Å². The molecule has 0 radical (unpaired) electrons. The Bertz CT molecular complexity index is 1140. The molecule has 11 heteroatoms. The lowest BCUT2D eigenvalue weighted by Gasteiger charge is -2.08. The quantitative estimate of drug-likeness (QED) is 0.494. The highest BCUT2D eigenvalue weighted by Crippen LogP contribution is 2.21. The molecule has 0 aliphatic heterocycles.